The molecule has 0 saturated carbocycles. The van der Waals surface area contributed by atoms with Crippen LogP contribution in [0.1, 0.15) is 0 Å². The van der Waals surface area contributed by atoms with Crippen LogP contribution in [0.3, 0.4) is 0 Å². The number of likely N-dealkylation sites (N-methyl/N-ethyl adjacent to an activating group) is 1. The van der Waals surface area contributed by atoms with E-state index in [1.165, 1.54) is 11.1 Å². The fourth-order valence-corrected chi connectivity index (χ4v) is 1.49. The highest BCUT2D eigenvalue weighted by molar-refractivity contribution is 6.64. The summed E-state index contributed by atoms with van der Waals surface area (Å²) in [4.78, 5) is 28.3. The normalized spacial score (nSPS) is 18.1. The Morgan fingerprint density at radius 2 is 1.94 bits per heavy atom. The van der Waals surface area contributed by atoms with Gasteiger partial charge in [0, 0.05) is 17.9 Å². The van der Waals surface area contributed by atoms with Crippen molar-refractivity contribution in [1.29, 1.82) is 0 Å². The minimum Gasteiger partial charge on any atom is -0.494 e. The molecule has 0 radical (unpaired) electrons. The van der Waals surface area contributed by atoms with Crippen molar-refractivity contribution in [3.05, 3.63) is 24.5 Å². The molecule has 1 fully saturated rings. The summed E-state index contributed by atoms with van der Waals surface area (Å²) in [7, 11) is 0.643. The van der Waals surface area contributed by atoms with E-state index in [0.717, 1.165) is 0 Å². The average molecular weight is 234 g/mol. The van der Waals surface area contributed by atoms with Gasteiger partial charge in [-0.05, 0) is 13.1 Å². The fourth-order valence-electron chi connectivity index (χ4n) is 1.49. The van der Waals surface area contributed by atoms with Crippen molar-refractivity contribution in [2.24, 2.45) is 0 Å². The van der Waals surface area contributed by atoms with Gasteiger partial charge in [-0.25, -0.2) is 0 Å². The van der Waals surface area contributed by atoms with Crippen LogP contribution in [0, 0.1) is 0 Å². The maximum atomic E-state index is 11.5. The number of nitrogens with zero attached hydrogens (tertiary/aromatic N) is 2. The van der Waals surface area contributed by atoms with Crippen LogP contribution in [0.5, 0.6) is 0 Å². The van der Waals surface area contributed by atoms with Gasteiger partial charge in [0.2, 0.25) is 0 Å². The molecular formula is C10H11BN2O4. The van der Waals surface area contributed by atoms with Crippen molar-refractivity contribution in [3.8, 4) is 0 Å². The SMILES string of the molecule is CN1CC(=O)OB(c2cccnc2)OC(=O)C1. The molecule has 17 heavy (non-hydrogen) atoms. The van der Waals surface area contributed by atoms with E-state index in [4.69, 9.17) is 9.31 Å². The van der Waals surface area contributed by atoms with Gasteiger partial charge >= 0.3 is 19.1 Å². The minimum absolute atomic E-state index is 0.0614. The number of carbonyl (C=O) groups is 2. The molecular weight excluding hydrogens is 223 g/mol. The lowest BCUT2D eigenvalue weighted by molar-refractivity contribution is -0.145. The molecule has 0 aromatic carbocycles. The molecule has 1 saturated heterocycles. The van der Waals surface area contributed by atoms with E-state index in [1.54, 1.807) is 25.4 Å². The Labute approximate surface area is 98.7 Å². The van der Waals surface area contributed by atoms with Crippen molar-refractivity contribution >= 4 is 24.5 Å². The standard InChI is InChI=1S/C10H11BN2O4/c1-13-6-9(14)16-11(17-10(15)7-13)8-3-2-4-12-5-8/h2-5H,6-7H2,1H3. The molecule has 0 spiro atoms. The predicted octanol–water partition coefficient (Wildman–Crippen LogP) is -1.19. The molecule has 0 amide bonds. The molecule has 1 aromatic heterocycles. The molecule has 2 rings (SSSR count). The van der Waals surface area contributed by atoms with Crippen LogP contribution in [0.25, 0.3) is 0 Å². The Kier molecular flexibility index (Phi) is 3.39. The highest BCUT2D eigenvalue weighted by atomic mass is 16.6. The zero-order chi connectivity index (χ0) is 12.3. The molecule has 1 aromatic rings. The Bertz CT molecular complexity index is 406. The minimum atomic E-state index is -1.00. The lowest BCUT2D eigenvalue weighted by atomic mass is 9.80. The zero-order valence-electron chi connectivity index (χ0n) is 9.33. The molecule has 0 bridgehead atoms. The lowest BCUT2D eigenvalue weighted by Gasteiger charge is -2.22. The summed E-state index contributed by atoms with van der Waals surface area (Å²) in [5, 5.41) is 0. The van der Waals surface area contributed by atoms with E-state index in [-0.39, 0.29) is 13.1 Å². The maximum absolute atomic E-state index is 11.5. The molecule has 0 unspecified atom stereocenters. The van der Waals surface area contributed by atoms with Gasteiger partial charge in [-0.2, -0.15) is 0 Å². The van der Waals surface area contributed by atoms with E-state index in [9.17, 15) is 9.59 Å². The third-order valence-corrected chi connectivity index (χ3v) is 2.23. The predicted molar refractivity (Wildman–Crippen MR) is 59.3 cm³/mol. The van der Waals surface area contributed by atoms with Gasteiger partial charge in [0.1, 0.15) is 0 Å². The smallest absolute Gasteiger partial charge is 0.494 e. The van der Waals surface area contributed by atoms with Crippen LogP contribution >= 0.6 is 0 Å². The second-order valence-electron chi connectivity index (χ2n) is 3.77. The highest BCUT2D eigenvalue weighted by Crippen LogP contribution is 2.00. The monoisotopic (exact) mass is 234 g/mol. The molecule has 6 nitrogen and oxygen atoms in total. The summed E-state index contributed by atoms with van der Waals surface area (Å²) >= 11 is 0. The van der Waals surface area contributed by atoms with Gasteiger partial charge in [-0.1, -0.05) is 6.07 Å². The first kappa shape index (κ1) is 11.6. The van der Waals surface area contributed by atoms with Crippen LogP contribution in [-0.2, 0) is 18.9 Å². The molecule has 1 aliphatic heterocycles. The second-order valence-corrected chi connectivity index (χ2v) is 3.77. The number of pyridine rings is 1. The van der Waals surface area contributed by atoms with Gasteiger partial charge in [0.15, 0.2) is 0 Å². The largest absolute Gasteiger partial charge is 0.638 e. The van der Waals surface area contributed by atoms with Crippen molar-refractivity contribution in [2.45, 2.75) is 0 Å². The Hall–Kier alpha value is -1.89. The number of rotatable bonds is 1. The van der Waals surface area contributed by atoms with E-state index < -0.39 is 19.1 Å². The first-order chi connectivity index (χ1) is 8.15. The quantitative estimate of drug-likeness (QED) is 0.569. The molecule has 1 aliphatic rings. The van der Waals surface area contributed by atoms with Crippen molar-refractivity contribution < 1.29 is 18.9 Å². The van der Waals surface area contributed by atoms with Gasteiger partial charge in [0.05, 0.1) is 13.1 Å². The van der Waals surface area contributed by atoms with Crippen LogP contribution in [0.4, 0.5) is 0 Å². The molecule has 7 heteroatoms. The van der Waals surface area contributed by atoms with E-state index in [2.05, 4.69) is 4.98 Å². The fraction of sp³-hybridized carbons (Fsp3) is 0.300. The van der Waals surface area contributed by atoms with E-state index >= 15 is 0 Å². The maximum Gasteiger partial charge on any atom is 0.638 e. The first-order valence-corrected chi connectivity index (χ1v) is 5.12. The third-order valence-electron chi connectivity index (χ3n) is 2.23. The van der Waals surface area contributed by atoms with Crippen molar-refractivity contribution in [1.82, 2.24) is 9.88 Å². The van der Waals surface area contributed by atoms with Gasteiger partial charge < -0.3 is 9.31 Å². The summed E-state index contributed by atoms with van der Waals surface area (Å²) in [5.41, 5.74) is 0.541. The van der Waals surface area contributed by atoms with Crippen LogP contribution in [-0.4, -0.2) is 49.1 Å². The summed E-state index contributed by atoms with van der Waals surface area (Å²) in [6, 6.07) is 3.37. The average Bonchev–Trinajstić information content (AvgIpc) is 2.27. The molecule has 2 heterocycles. The molecule has 0 aliphatic carbocycles. The summed E-state index contributed by atoms with van der Waals surface area (Å²) in [5.74, 6) is -0.872. The topological polar surface area (TPSA) is 68.7 Å². The summed E-state index contributed by atoms with van der Waals surface area (Å²) < 4.78 is 10.1. The van der Waals surface area contributed by atoms with E-state index in [0.29, 0.717) is 5.46 Å². The molecule has 88 valence electrons. The number of aromatic nitrogens is 1. The van der Waals surface area contributed by atoms with Crippen molar-refractivity contribution in [2.75, 3.05) is 20.1 Å². The van der Waals surface area contributed by atoms with Crippen LogP contribution in [0.2, 0.25) is 0 Å². The summed E-state index contributed by atoms with van der Waals surface area (Å²) in [6.07, 6.45) is 3.08. The van der Waals surface area contributed by atoms with Gasteiger partial charge in [-0.15, -0.1) is 0 Å². The number of carbonyl (C=O) groups excluding carboxylic acids is 2. The third kappa shape index (κ3) is 3.04. The molecule has 0 atom stereocenters. The summed E-state index contributed by atoms with van der Waals surface area (Å²) in [6.45, 7) is 0.123. The van der Waals surface area contributed by atoms with Crippen LogP contribution < -0.4 is 5.46 Å². The highest BCUT2D eigenvalue weighted by Gasteiger charge is 2.33. The lowest BCUT2D eigenvalue weighted by Crippen LogP contribution is -2.47. The Balaban J connectivity index is 2.17. The second kappa shape index (κ2) is 4.96. The molecule has 0 N–H and O–H groups in total. The Morgan fingerprint density at radius 3 is 2.47 bits per heavy atom. The number of hydrogen-bond acceptors (Lipinski definition) is 6. The van der Waals surface area contributed by atoms with Gasteiger partial charge in [0.25, 0.3) is 0 Å². The van der Waals surface area contributed by atoms with E-state index in [1.807, 2.05) is 0 Å². The first-order valence-electron chi connectivity index (χ1n) is 5.12. The Morgan fingerprint density at radius 1 is 1.29 bits per heavy atom. The zero-order valence-corrected chi connectivity index (χ0v) is 9.33. The van der Waals surface area contributed by atoms with Gasteiger partial charge in [-0.3, -0.25) is 19.5 Å². The van der Waals surface area contributed by atoms with Crippen LogP contribution in [0.15, 0.2) is 24.5 Å². The number of hydrogen-bond donors (Lipinski definition) is 0. The van der Waals surface area contributed by atoms with Crippen molar-refractivity contribution in [3.63, 3.8) is 0 Å².